The number of amides is 1. The van der Waals surface area contributed by atoms with Crippen molar-refractivity contribution in [2.45, 2.75) is 31.2 Å². The quantitative estimate of drug-likeness (QED) is 0.666. The van der Waals surface area contributed by atoms with E-state index in [1.807, 2.05) is 4.90 Å². The lowest BCUT2D eigenvalue weighted by molar-refractivity contribution is -0.140. The second-order valence-corrected chi connectivity index (χ2v) is 4.96. The highest BCUT2D eigenvalue weighted by Gasteiger charge is 2.42. The molecule has 1 aliphatic carbocycles. The average Bonchev–Trinajstić information content (AvgIpc) is 2.38. The van der Waals surface area contributed by atoms with Gasteiger partial charge in [-0.25, -0.2) is 0 Å². The van der Waals surface area contributed by atoms with E-state index in [1.54, 1.807) is 0 Å². The number of hydrogen-bond donors (Lipinski definition) is 1. The number of nitrogens with zero attached hydrogens (tertiary/aromatic N) is 2. The Kier molecular flexibility index (Phi) is 2.98. The summed E-state index contributed by atoms with van der Waals surface area (Å²) in [6, 6.07) is 0. The van der Waals surface area contributed by atoms with Crippen molar-refractivity contribution >= 4 is 5.91 Å². The van der Waals surface area contributed by atoms with E-state index in [0.717, 1.165) is 51.9 Å². The van der Waals surface area contributed by atoms with Gasteiger partial charge in [-0.15, -0.1) is 0 Å². The Morgan fingerprint density at radius 1 is 1.13 bits per heavy atom. The van der Waals surface area contributed by atoms with Crippen LogP contribution in [-0.4, -0.2) is 54.5 Å². The molecule has 0 aromatic carbocycles. The molecule has 1 saturated carbocycles. The van der Waals surface area contributed by atoms with Crippen LogP contribution >= 0.6 is 0 Å². The van der Waals surface area contributed by atoms with Crippen molar-refractivity contribution in [3.8, 4) is 0 Å². The average molecular weight is 211 g/mol. The molecule has 1 aliphatic heterocycles. The van der Waals surface area contributed by atoms with Crippen LogP contribution in [0.4, 0.5) is 0 Å². The molecule has 4 nitrogen and oxygen atoms in total. The molecule has 0 aromatic heterocycles. The molecule has 0 spiro atoms. The summed E-state index contributed by atoms with van der Waals surface area (Å²) in [5.74, 6) is 0.184. The van der Waals surface area contributed by atoms with Gasteiger partial charge in [0.2, 0.25) is 5.91 Å². The third-order valence-corrected chi connectivity index (χ3v) is 3.68. The molecule has 0 bridgehead atoms. The summed E-state index contributed by atoms with van der Waals surface area (Å²) in [4.78, 5) is 16.4. The smallest absolute Gasteiger partial charge is 0.242 e. The maximum absolute atomic E-state index is 12.1. The van der Waals surface area contributed by atoms with Gasteiger partial charge in [0.25, 0.3) is 0 Å². The third kappa shape index (κ3) is 2.16. The van der Waals surface area contributed by atoms with Crippen LogP contribution in [0, 0.1) is 0 Å². The highest BCUT2D eigenvalue weighted by molar-refractivity contribution is 5.87. The van der Waals surface area contributed by atoms with Gasteiger partial charge in [0.15, 0.2) is 0 Å². The normalized spacial score (nSPS) is 26.9. The number of nitrogens with two attached hydrogens (primary N) is 1. The van der Waals surface area contributed by atoms with Crippen molar-refractivity contribution in [2.24, 2.45) is 5.73 Å². The van der Waals surface area contributed by atoms with Crippen LogP contribution in [0.1, 0.15) is 25.7 Å². The Labute approximate surface area is 91.4 Å². The lowest BCUT2D eigenvalue weighted by Gasteiger charge is -2.40. The minimum Gasteiger partial charge on any atom is -0.340 e. The Hall–Kier alpha value is -0.610. The monoisotopic (exact) mass is 211 g/mol. The van der Waals surface area contributed by atoms with E-state index < -0.39 is 5.54 Å². The van der Waals surface area contributed by atoms with Crippen LogP contribution in [0.2, 0.25) is 0 Å². The van der Waals surface area contributed by atoms with E-state index in [4.69, 9.17) is 5.73 Å². The number of hydrogen-bond acceptors (Lipinski definition) is 3. The SMILES string of the molecule is CN1CCCN(C(=O)C2(N)CCC2)CC1. The molecule has 15 heavy (non-hydrogen) atoms. The van der Waals surface area contributed by atoms with E-state index in [1.165, 1.54) is 0 Å². The molecule has 2 rings (SSSR count). The predicted octanol–water partition coefficient (Wildman–Crippen LogP) is 0.0319. The molecule has 86 valence electrons. The van der Waals surface area contributed by atoms with E-state index in [2.05, 4.69) is 11.9 Å². The summed E-state index contributed by atoms with van der Waals surface area (Å²) >= 11 is 0. The van der Waals surface area contributed by atoms with Gasteiger partial charge in [-0.3, -0.25) is 4.79 Å². The lowest BCUT2D eigenvalue weighted by Crippen LogP contribution is -2.60. The molecule has 2 N–H and O–H groups in total. The van der Waals surface area contributed by atoms with Crippen LogP contribution in [-0.2, 0) is 4.79 Å². The zero-order chi connectivity index (χ0) is 10.9. The van der Waals surface area contributed by atoms with Crippen LogP contribution in [0.5, 0.6) is 0 Å². The first-order valence-electron chi connectivity index (χ1n) is 5.89. The highest BCUT2D eigenvalue weighted by atomic mass is 16.2. The predicted molar refractivity (Wildman–Crippen MR) is 59.5 cm³/mol. The first kappa shape index (κ1) is 10.9. The van der Waals surface area contributed by atoms with Gasteiger partial charge in [0.05, 0.1) is 5.54 Å². The van der Waals surface area contributed by atoms with E-state index in [0.29, 0.717) is 0 Å². The molecule has 0 aromatic rings. The summed E-state index contributed by atoms with van der Waals surface area (Å²) in [5, 5.41) is 0. The Morgan fingerprint density at radius 3 is 2.47 bits per heavy atom. The van der Waals surface area contributed by atoms with Crippen molar-refractivity contribution in [2.75, 3.05) is 33.2 Å². The fourth-order valence-corrected chi connectivity index (χ4v) is 2.34. The standard InChI is InChI=1S/C11H21N3O/c1-13-6-3-7-14(9-8-13)10(15)11(12)4-2-5-11/h2-9,12H2,1H3. The molecule has 2 aliphatic rings. The van der Waals surface area contributed by atoms with Crippen molar-refractivity contribution < 1.29 is 4.79 Å². The van der Waals surface area contributed by atoms with Gasteiger partial charge >= 0.3 is 0 Å². The second kappa shape index (κ2) is 4.10. The molecule has 0 radical (unpaired) electrons. The minimum atomic E-state index is -0.511. The molecule has 0 unspecified atom stereocenters. The van der Waals surface area contributed by atoms with Gasteiger partial charge in [-0.1, -0.05) is 0 Å². The van der Waals surface area contributed by atoms with Gasteiger partial charge in [0, 0.05) is 19.6 Å². The molecule has 4 heteroatoms. The molecular formula is C11H21N3O. The summed E-state index contributed by atoms with van der Waals surface area (Å²) in [7, 11) is 2.11. The summed E-state index contributed by atoms with van der Waals surface area (Å²) in [6.07, 6.45) is 3.92. The van der Waals surface area contributed by atoms with Gasteiger partial charge < -0.3 is 15.5 Å². The number of rotatable bonds is 1. The van der Waals surface area contributed by atoms with E-state index in [9.17, 15) is 4.79 Å². The maximum Gasteiger partial charge on any atom is 0.242 e. The molecule has 0 atom stereocenters. The van der Waals surface area contributed by atoms with Crippen molar-refractivity contribution in [1.82, 2.24) is 9.80 Å². The van der Waals surface area contributed by atoms with Crippen LogP contribution in [0.3, 0.4) is 0 Å². The zero-order valence-electron chi connectivity index (χ0n) is 9.54. The molecular weight excluding hydrogens is 190 g/mol. The summed E-state index contributed by atoms with van der Waals surface area (Å²) in [5.41, 5.74) is 5.55. The number of likely N-dealkylation sites (N-methyl/N-ethyl adjacent to an activating group) is 1. The molecule has 1 amide bonds. The molecule has 1 heterocycles. The van der Waals surface area contributed by atoms with Crippen LogP contribution < -0.4 is 5.73 Å². The first-order chi connectivity index (χ1) is 7.12. The van der Waals surface area contributed by atoms with Crippen molar-refractivity contribution in [3.63, 3.8) is 0 Å². The number of carbonyl (C=O) groups excluding carboxylic acids is 1. The Morgan fingerprint density at radius 2 is 1.87 bits per heavy atom. The lowest BCUT2D eigenvalue weighted by atomic mass is 9.76. The minimum absolute atomic E-state index is 0.184. The van der Waals surface area contributed by atoms with Gasteiger partial charge in [-0.05, 0) is 39.3 Å². The second-order valence-electron chi connectivity index (χ2n) is 4.96. The summed E-state index contributed by atoms with van der Waals surface area (Å²) < 4.78 is 0. The molecule has 2 fully saturated rings. The Bertz CT molecular complexity index is 250. The van der Waals surface area contributed by atoms with E-state index in [-0.39, 0.29) is 5.91 Å². The van der Waals surface area contributed by atoms with Crippen molar-refractivity contribution in [3.05, 3.63) is 0 Å². The summed E-state index contributed by atoms with van der Waals surface area (Å²) in [6.45, 7) is 3.78. The maximum atomic E-state index is 12.1. The zero-order valence-corrected chi connectivity index (χ0v) is 9.54. The van der Waals surface area contributed by atoms with Gasteiger partial charge in [-0.2, -0.15) is 0 Å². The third-order valence-electron chi connectivity index (χ3n) is 3.68. The Balaban J connectivity index is 1.94. The fourth-order valence-electron chi connectivity index (χ4n) is 2.34. The van der Waals surface area contributed by atoms with Crippen molar-refractivity contribution in [1.29, 1.82) is 0 Å². The first-order valence-corrected chi connectivity index (χ1v) is 5.89. The van der Waals surface area contributed by atoms with Crippen LogP contribution in [0.15, 0.2) is 0 Å². The highest BCUT2D eigenvalue weighted by Crippen LogP contribution is 2.31. The largest absolute Gasteiger partial charge is 0.340 e. The number of carbonyl (C=O) groups is 1. The topological polar surface area (TPSA) is 49.6 Å². The van der Waals surface area contributed by atoms with Crippen LogP contribution in [0.25, 0.3) is 0 Å². The fraction of sp³-hybridized carbons (Fsp3) is 0.909. The van der Waals surface area contributed by atoms with Gasteiger partial charge in [0.1, 0.15) is 0 Å². The molecule has 1 saturated heterocycles. The van der Waals surface area contributed by atoms with E-state index >= 15 is 0 Å².